The van der Waals surface area contributed by atoms with Crippen molar-refractivity contribution >= 4 is 82.6 Å². The number of fused-ring (bicyclic) bond motifs is 12. The molecule has 3 aromatic heterocycles. The second-order valence-electron chi connectivity index (χ2n) is 17.8. The van der Waals surface area contributed by atoms with E-state index >= 15 is 0 Å². The van der Waals surface area contributed by atoms with E-state index in [1.165, 1.54) is 37.9 Å². The van der Waals surface area contributed by atoms with E-state index in [2.05, 4.69) is 241 Å². The summed E-state index contributed by atoms with van der Waals surface area (Å²) in [7, 11) is 4.27. The predicted octanol–water partition coefficient (Wildman–Crippen LogP) is 15.9. The zero-order valence-corrected chi connectivity index (χ0v) is 38.9. The first-order valence-corrected chi connectivity index (χ1v) is 24.2. The first kappa shape index (κ1) is 40.7. The highest BCUT2D eigenvalue weighted by molar-refractivity contribution is 7.99. The number of hydrogen-bond acceptors (Lipinski definition) is 5. The molecule has 6 nitrogen and oxygen atoms in total. The van der Waals surface area contributed by atoms with E-state index in [9.17, 15) is 0 Å². The number of hydrogen-bond donors (Lipinski definition) is 1. The third kappa shape index (κ3) is 7.09. The Labute approximate surface area is 403 Å². The lowest BCUT2D eigenvalue weighted by molar-refractivity contribution is 0.962. The number of rotatable bonds is 9. The Morgan fingerprint density at radius 1 is 0.377 bits per heavy atom. The van der Waals surface area contributed by atoms with Crippen molar-refractivity contribution in [2.24, 2.45) is 14.1 Å². The molecule has 0 aliphatic heterocycles. The van der Waals surface area contributed by atoms with Crippen LogP contribution >= 0.6 is 11.8 Å². The highest BCUT2D eigenvalue weighted by Gasteiger charge is 2.20. The Kier molecular flexibility index (Phi) is 9.84. The Morgan fingerprint density at radius 3 is 1.29 bits per heavy atom. The molecule has 0 fully saturated rings. The molecule has 0 saturated carbocycles. The summed E-state index contributed by atoms with van der Waals surface area (Å²) in [6.07, 6.45) is 0. The van der Waals surface area contributed by atoms with Gasteiger partial charge in [-0.3, -0.25) is 0 Å². The lowest BCUT2D eigenvalue weighted by atomic mass is 10.00. The van der Waals surface area contributed by atoms with E-state index in [-0.39, 0.29) is 0 Å². The number of nitrogens with one attached hydrogen (secondary N) is 1. The van der Waals surface area contributed by atoms with Gasteiger partial charge in [0.2, 0.25) is 0 Å². The van der Waals surface area contributed by atoms with Crippen molar-refractivity contribution < 1.29 is 0 Å². The van der Waals surface area contributed by atoms with Crippen LogP contribution in [0.25, 0.3) is 110 Å². The van der Waals surface area contributed by atoms with Gasteiger partial charge in [-0.15, -0.1) is 0 Å². The van der Waals surface area contributed by atoms with E-state index in [0.717, 1.165) is 100 Å². The summed E-state index contributed by atoms with van der Waals surface area (Å²) in [4.78, 5) is 18.5. The predicted molar refractivity (Wildman–Crippen MR) is 289 cm³/mol. The van der Waals surface area contributed by atoms with Crippen LogP contribution in [0, 0.1) is 0 Å². The maximum Gasteiger partial charge on any atom is 0.140 e. The zero-order chi connectivity index (χ0) is 46.0. The first-order chi connectivity index (χ1) is 34.0. The van der Waals surface area contributed by atoms with Crippen LogP contribution in [0.4, 0.5) is 5.69 Å². The van der Waals surface area contributed by atoms with Gasteiger partial charge in [0, 0.05) is 79.9 Å². The van der Waals surface area contributed by atoms with Crippen LogP contribution in [0.2, 0.25) is 0 Å². The molecule has 0 atom stereocenters. The largest absolute Gasteiger partial charge is 0.381 e. The average molecular weight is 905 g/mol. The van der Waals surface area contributed by atoms with Gasteiger partial charge in [-0.2, -0.15) is 0 Å². The smallest absolute Gasteiger partial charge is 0.140 e. The molecule has 0 radical (unpaired) electrons. The molecule has 1 N–H and O–H groups in total. The molecule has 3 heterocycles. The molecule has 0 amide bonds. The number of imidazole rings is 2. The number of aromatic nitrogens is 5. The van der Waals surface area contributed by atoms with E-state index in [4.69, 9.17) is 15.0 Å². The highest BCUT2D eigenvalue weighted by atomic mass is 32.2. The van der Waals surface area contributed by atoms with Crippen molar-refractivity contribution in [1.82, 2.24) is 24.1 Å². The summed E-state index contributed by atoms with van der Waals surface area (Å²) in [5.41, 5.74) is 12.5. The first-order valence-electron chi connectivity index (χ1n) is 23.3. The van der Waals surface area contributed by atoms with Gasteiger partial charge in [-0.1, -0.05) is 176 Å². The van der Waals surface area contributed by atoms with E-state index in [1.807, 2.05) is 0 Å². The molecule has 0 bridgehead atoms. The highest BCUT2D eigenvalue weighted by Crippen LogP contribution is 2.41. The molecule has 13 aromatic rings. The molecule has 0 saturated heterocycles. The maximum atomic E-state index is 5.47. The van der Waals surface area contributed by atoms with Crippen LogP contribution in [0.3, 0.4) is 0 Å². The molecule has 10 aromatic carbocycles. The summed E-state index contributed by atoms with van der Waals surface area (Å²) >= 11 is 1.74. The van der Waals surface area contributed by atoms with E-state index in [1.54, 1.807) is 11.8 Å². The molecule has 13 rings (SSSR count). The van der Waals surface area contributed by atoms with Crippen LogP contribution < -0.4 is 5.32 Å². The quantitative estimate of drug-likeness (QED) is 0.146. The van der Waals surface area contributed by atoms with Gasteiger partial charge in [-0.05, 0) is 75.6 Å². The average Bonchev–Trinajstić information content (AvgIpc) is 3.96. The third-order valence-electron chi connectivity index (χ3n) is 13.6. The van der Waals surface area contributed by atoms with Crippen LogP contribution in [-0.2, 0) is 20.6 Å². The van der Waals surface area contributed by atoms with Gasteiger partial charge < -0.3 is 14.5 Å². The van der Waals surface area contributed by atoms with Crippen molar-refractivity contribution in [3.63, 3.8) is 0 Å². The molecular formula is C62H44N6S. The molecule has 328 valence electrons. The standard InChI is InChI=1S/C62H44N6S/c1-67-59-53-28-12-8-24-49(53)47-22-6-10-26-51(47)57(59)65-61(67)42-20-14-18-40(34-42)55-36-46(69-45-32-30-44(31-33-45)63-38-39-16-4-3-5-17-39)37-56(64-55)41-19-15-21-43(35-41)62-66-58-52-27-11-7-23-48(52)50-25-9-13-29-54(50)60(58)68(62)2/h3-37,63H,38H2,1-2H3. The minimum atomic E-state index is 0.769. The number of benzene rings is 10. The molecule has 0 unspecified atom stereocenters. The van der Waals surface area contributed by atoms with Gasteiger partial charge >= 0.3 is 0 Å². The van der Waals surface area contributed by atoms with E-state index < -0.39 is 0 Å². The lowest BCUT2D eigenvalue weighted by Gasteiger charge is -2.12. The summed E-state index contributed by atoms with van der Waals surface area (Å²) < 4.78 is 4.51. The third-order valence-corrected chi connectivity index (χ3v) is 14.5. The second kappa shape index (κ2) is 16.7. The molecule has 0 aliphatic carbocycles. The fourth-order valence-corrected chi connectivity index (χ4v) is 11.2. The Hall–Kier alpha value is -8.52. The fraction of sp³-hybridized carbons (Fsp3) is 0.0484. The fourth-order valence-electron chi connectivity index (χ4n) is 10.3. The van der Waals surface area contributed by atoms with Crippen LogP contribution in [-0.4, -0.2) is 24.1 Å². The lowest BCUT2D eigenvalue weighted by Crippen LogP contribution is -1.98. The zero-order valence-electron chi connectivity index (χ0n) is 38.1. The summed E-state index contributed by atoms with van der Waals surface area (Å²) in [5.74, 6) is 1.83. The monoisotopic (exact) mass is 904 g/mol. The number of pyridine rings is 1. The van der Waals surface area contributed by atoms with Crippen LogP contribution in [0.5, 0.6) is 0 Å². The molecular weight excluding hydrogens is 861 g/mol. The minimum Gasteiger partial charge on any atom is -0.381 e. The topological polar surface area (TPSA) is 60.6 Å². The second-order valence-corrected chi connectivity index (χ2v) is 18.9. The van der Waals surface area contributed by atoms with Crippen molar-refractivity contribution in [2.75, 3.05) is 5.32 Å². The van der Waals surface area contributed by atoms with Gasteiger partial charge in [-0.25, -0.2) is 15.0 Å². The molecule has 69 heavy (non-hydrogen) atoms. The van der Waals surface area contributed by atoms with Crippen molar-refractivity contribution in [1.29, 1.82) is 0 Å². The normalized spacial score (nSPS) is 11.7. The number of aryl methyl sites for hydroxylation is 2. The van der Waals surface area contributed by atoms with Crippen LogP contribution in [0.1, 0.15) is 5.56 Å². The molecule has 0 spiro atoms. The minimum absolute atomic E-state index is 0.769. The van der Waals surface area contributed by atoms with Crippen molar-refractivity contribution in [3.8, 4) is 45.3 Å². The maximum absolute atomic E-state index is 5.47. The summed E-state index contributed by atoms with van der Waals surface area (Å²) in [5, 5.41) is 13.2. The Morgan fingerprint density at radius 2 is 0.797 bits per heavy atom. The van der Waals surface area contributed by atoms with E-state index in [0.29, 0.717) is 0 Å². The van der Waals surface area contributed by atoms with Gasteiger partial charge in [0.05, 0.1) is 33.5 Å². The number of anilines is 1. The van der Waals surface area contributed by atoms with Gasteiger partial charge in [0.1, 0.15) is 11.6 Å². The Bertz CT molecular complexity index is 3910. The van der Waals surface area contributed by atoms with Crippen molar-refractivity contribution in [2.45, 2.75) is 16.3 Å². The number of nitrogens with zero attached hydrogens (tertiary/aromatic N) is 5. The van der Waals surface area contributed by atoms with Gasteiger partial charge in [0.15, 0.2) is 0 Å². The SMILES string of the molecule is Cn1c(-c2cccc(-c3cc(Sc4ccc(NCc5ccccc5)cc4)cc(-c4cccc(-c5nc6c7ccccc7c7ccccc7c6n5C)c4)n3)c2)nc2c3ccccc3c3ccccc3c21. The van der Waals surface area contributed by atoms with Crippen molar-refractivity contribution in [3.05, 3.63) is 218 Å². The van der Waals surface area contributed by atoms with Gasteiger partial charge in [0.25, 0.3) is 0 Å². The summed E-state index contributed by atoms with van der Waals surface area (Å²) in [6.45, 7) is 0.769. The summed E-state index contributed by atoms with van der Waals surface area (Å²) in [6, 6.07) is 75.6. The molecule has 0 aliphatic rings. The van der Waals surface area contributed by atoms with Crippen LogP contribution in [0.15, 0.2) is 222 Å². The molecule has 7 heteroatoms. The Balaban J connectivity index is 0.921.